The zero-order chi connectivity index (χ0) is 12.7. The highest BCUT2D eigenvalue weighted by molar-refractivity contribution is 5.96. The SMILES string of the molecule is NC(=O)CCNCc1cccnc1C(N)=NO. The first-order valence-electron chi connectivity index (χ1n) is 5.06. The monoisotopic (exact) mass is 237 g/mol. The smallest absolute Gasteiger partial charge is 0.218 e. The summed E-state index contributed by atoms with van der Waals surface area (Å²) in [5, 5.41) is 14.5. The van der Waals surface area contributed by atoms with Crippen molar-refractivity contribution in [3.05, 3.63) is 29.6 Å². The van der Waals surface area contributed by atoms with Crippen LogP contribution in [-0.4, -0.2) is 28.5 Å². The second-order valence-corrected chi connectivity index (χ2v) is 3.39. The standard InChI is InChI=1S/C10H15N5O2/c11-8(16)3-5-13-6-7-2-1-4-14-9(7)10(12)15-17/h1-2,4,13,17H,3,5-6H2,(H2,11,16)(H2,12,15). The molecule has 0 atom stereocenters. The molecule has 0 aromatic carbocycles. The molecular weight excluding hydrogens is 222 g/mol. The van der Waals surface area contributed by atoms with E-state index in [9.17, 15) is 4.79 Å². The van der Waals surface area contributed by atoms with Crippen LogP contribution >= 0.6 is 0 Å². The van der Waals surface area contributed by atoms with Crippen LogP contribution in [0.25, 0.3) is 0 Å². The fourth-order valence-electron chi connectivity index (χ4n) is 1.29. The molecule has 7 heteroatoms. The molecule has 1 amide bonds. The van der Waals surface area contributed by atoms with Crippen LogP contribution in [0.4, 0.5) is 0 Å². The first-order chi connectivity index (χ1) is 8.15. The van der Waals surface area contributed by atoms with E-state index in [1.807, 2.05) is 0 Å². The third-order valence-electron chi connectivity index (χ3n) is 2.11. The molecule has 7 nitrogen and oxygen atoms in total. The van der Waals surface area contributed by atoms with Crippen molar-refractivity contribution in [3.63, 3.8) is 0 Å². The molecule has 0 unspecified atom stereocenters. The molecule has 0 spiro atoms. The van der Waals surface area contributed by atoms with Crippen LogP contribution in [0, 0.1) is 0 Å². The molecule has 1 aromatic heterocycles. The summed E-state index contributed by atoms with van der Waals surface area (Å²) in [5.41, 5.74) is 11.7. The predicted octanol–water partition coefficient (Wildman–Crippen LogP) is -0.859. The van der Waals surface area contributed by atoms with E-state index in [0.29, 0.717) is 18.8 Å². The normalized spacial score (nSPS) is 11.4. The number of amides is 1. The zero-order valence-corrected chi connectivity index (χ0v) is 9.26. The third-order valence-corrected chi connectivity index (χ3v) is 2.11. The number of rotatable bonds is 6. The topological polar surface area (TPSA) is 127 Å². The lowest BCUT2D eigenvalue weighted by Crippen LogP contribution is -2.24. The molecule has 0 aliphatic rings. The Hall–Kier alpha value is -2.15. The van der Waals surface area contributed by atoms with Crippen molar-refractivity contribution in [2.45, 2.75) is 13.0 Å². The van der Waals surface area contributed by atoms with Gasteiger partial charge in [0.1, 0.15) is 5.69 Å². The molecule has 1 heterocycles. The molecule has 0 saturated heterocycles. The van der Waals surface area contributed by atoms with E-state index < -0.39 is 0 Å². The minimum absolute atomic E-state index is 0.0442. The van der Waals surface area contributed by atoms with Gasteiger partial charge >= 0.3 is 0 Å². The summed E-state index contributed by atoms with van der Waals surface area (Å²) in [6.07, 6.45) is 1.82. The van der Waals surface area contributed by atoms with Gasteiger partial charge in [-0.15, -0.1) is 0 Å². The van der Waals surface area contributed by atoms with Crippen LogP contribution in [-0.2, 0) is 11.3 Å². The van der Waals surface area contributed by atoms with Crippen molar-refractivity contribution in [1.29, 1.82) is 0 Å². The lowest BCUT2D eigenvalue weighted by molar-refractivity contribution is -0.117. The van der Waals surface area contributed by atoms with Crippen LogP contribution in [0.1, 0.15) is 17.7 Å². The lowest BCUT2D eigenvalue weighted by atomic mass is 10.2. The maximum absolute atomic E-state index is 10.5. The molecule has 0 aliphatic carbocycles. The van der Waals surface area contributed by atoms with Crippen molar-refractivity contribution in [2.24, 2.45) is 16.6 Å². The number of nitrogens with zero attached hydrogens (tertiary/aromatic N) is 2. The second-order valence-electron chi connectivity index (χ2n) is 3.39. The summed E-state index contributed by atoms with van der Waals surface area (Å²) < 4.78 is 0. The number of primary amides is 1. The van der Waals surface area contributed by atoms with E-state index in [1.165, 1.54) is 0 Å². The quantitative estimate of drug-likeness (QED) is 0.168. The predicted molar refractivity (Wildman–Crippen MR) is 62.3 cm³/mol. The van der Waals surface area contributed by atoms with Gasteiger partial charge in [0.05, 0.1) is 0 Å². The van der Waals surface area contributed by atoms with Gasteiger partial charge in [0, 0.05) is 25.7 Å². The number of hydrogen-bond acceptors (Lipinski definition) is 5. The largest absolute Gasteiger partial charge is 0.409 e. The summed E-state index contributed by atoms with van der Waals surface area (Å²) >= 11 is 0. The molecule has 0 saturated carbocycles. The van der Waals surface area contributed by atoms with Gasteiger partial charge in [-0.1, -0.05) is 11.2 Å². The Morgan fingerprint density at radius 3 is 2.94 bits per heavy atom. The number of pyridine rings is 1. The van der Waals surface area contributed by atoms with E-state index in [0.717, 1.165) is 5.56 Å². The molecule has 92 valence electrons. The molecule has 0 fully saturated rings. The van der Waals surface area contributed by atoms with Gasteiger partial charge in [-0.05, 0) is 11.6 Å². The molecule has 0 aliphatic heterocycles. The molecule has 0 bridgehead atoms. The molecule has 1 rings (SSSR count). The van der Waals surface area contributed by atoms with Crippen LogP contribution in [0.5, 0.6) is 0 Å². The van der Waals surface area contributed by atoms with Gasteiger partial charge in [0.25, 0.3) is 0 Å². The van der Waals surface area contributed by atoms with Crippen LogP contribution in [0.3, 0.4) is 0 Å². The lowest BCUT2D eigenvalue weighted by Gasteiger charge is -2.07. The Kier molecular flexibility index (Phi) is 4.89. The summed E-state index contributed by atoms with van der Waals surface area (Å²) in [6.45, 7) is 0.937. The highest BCUT2D eigenvalue weighted by Crippen LogP contribution is 2.04. The maximum Gasteiger partial charge on any atom is 0.218 e. The number of nitrogens with one attached hydrogen (secondary N) is 1. The zero-order valence-electron chi connectivity index (χ0n) is 9.26. The second kappa shape index (κ2) is 6.44. The van der Waals surface area contributed by atoms with Crippen molar-refractivity contribution in [3.8, 4) is 0 Å². The van der Waals surface area contributed by atoms with Crippen molar-refractivity contribution < 1.29 is 10.0 Å². The highest BCUT2D eigenvalue weighted by atomic mass is 16.4. The number of amidine groups is 1. The number of carbonyl (C=O) groups is 1. The van der Waals surface area contributed by atoms with Gasteiger partial charge < -0.3 is 22.0 Å². The van der Waals surface area contributed by atoms with Gasteiger partial charge in [-0.25, -0.2) is 0 Å². The minimum atomic E-state index is -0.361. The molecular formula is C10H15N5O2. The highest BCUT2D eigenvalue weighted by Gasteiger charge is 2.07. The van der Waals surface area contributed by atoms with E-state index >= 15 is 0 Å². The first kappa shape index (κ1) is 12.9. The van der Waals surface area contributed by atoms with Crippen molar-refractivity contribution in [1.82, 2.24) is 10.3 Å². The van der Waals surface area contributed by atoms with E-state index in [2.05, 4.69) is 15.5 Å². The molecule has 1 aromatic rings. The van der Waals surface area contributed by atoms with Crippen molar-refractivity contribution in [2.75, 3.05) is 6.54 Å². The van der Waals surface area contributed by atoms with Gasteiger partial charge in [-0.3, -0.25) is 9.78 Å². The Labute approximate surface area is 98.5 Å². The summed E-state index contributed by atoms with van der Waals surface area (Å²) in [7, 11) is 0. The molecule has 17 heavy (non-hydrogen) atoms. The maximum atomic E-state index is 10.5. The number of oxime groups is 1. The van der Waals surface area contributed by atoms with E-state index in [1.54, 1.807) is 18.3 Å². The van der Waals surface area contributed by atoms with Crippen LogP contribution in [0.2, 0.25) is 0 Å². The summed E-state index contributed by atoms with van der Waals surface area (Å²) in [4.78, 5) is 14.5. The Morgan fingerprint density at radius 2 is 2.29 bits per heavy atom. The van der Waals surface area contributed by atoms with Gasteiger partial charge in [-0.2, -0.15) is 0 Å². The fourth-order valence-corrected chi connectivity index (χ4v) is 1.29. The Balaban J connectivity index is 2.61. The van der Waals surface area contributed by atoms with Crippen LogP contribution in [0.15, 0.2) is 23.5 Å². The average molecular weight is 237 g/mol. The Bertz CT molecular complexity index is 419. The van der Waals surface area contributed by atoms with Gasteiger partial charge in [0.15, 0.2) is 5.84 Å². The first-order valence-corrected chi connectivity index (χ1v) is 5.06. The number of nitrogens with two attached hydrogens (primary N) is 2. The minimum Gasteiger partial charge on any atom is -0.409 e. The average Bonchev–Trinajstić information content (AvgIpc) is 2.34. The third kappa shape index (κ3) is 4.07. The number of carbonyl (C=O) groups excluding carboxylic acids is 1. The summed E-state index contributed by atoms with van der Waals surface area (Å²) in [6, 6.07) is 3.55. The fraction of sp³-hybridized carbons (Fsp3) is 0.300. The molecule has 6 N–H and O–H groups in total. The molecule has 0 radical (unpaired) electrons. The number of hydrogen-bond donors (Lipinski definition) is 4. The van der Waals surface area contributed by atoms with E-state index in [-0.39, 0.29) is 18.2 Å². The Morgan fingerprint density at radius 1 is 1.53 bits per heavy atom. The summed E-state index contributed by atoms with van der Waals surface area (Å²) in [5.74, 6) is -0.405. The van der Waals surface area contributed by atoms with Crippen LogP contribution < -0.4 is 16.8 Å². The van der Waals surface area contributed by atoms with Crippen molar-refractivity contribution >= 4 is 11.7 Å². The van der Waals surface area contributed by atoms with E-state index in [4.69, 9.17) is 16.7 Å². The number of aromatic nitrogens is 1. The van der Waals surface area contributed by atoms with Gasteiger partial charge in [0.2, 0.25) is 5.91 Å².